The molecule has 11 heteroatoms. The van der Waals surface area contributed by atoms with E-state index in [1.807, 2.05) is 6.92 Å². The van der Waals surface area contributed by atoms with E-state index in [0.717, 1.165) is 5.56 Å². The number of para-hydroxylation sites is 1. The van der Waals surface area contributed by atoms with E-state index in [9.17, 15) is 13.5 Å². The molecule has 0 unspecified atom stereocenters. The van der Waals surface area contributed by atoms with Gasteiger partial charge in [-0.1, -0.05) is 12.1 Å². The van der Waals surface area contributed by atoms with E-state index in [1.54, 1.807) is 60.2 Å². The molecule has 190 valence electrons. The molecular weight excluding hydrogens is 484 g/mol. The fourth-order valence-electron chi connectivity index (χ4n) is 3.81. The molecule has 0 saturated carbocycles. The molecule has 0 aliphatic carbocycles. The minimum Gasteiger partial charge on any atom is -0.494 e. The van der Waals surface area contributed by atoms with Crippen molar-refractivity contribution < 1.29 is 27.4 Å². The number of pyridine rings is 1. The van der Waals surface area contributed by atoms with Crippen LogP contribution in [-0.2, 0) is 15.6 Å². The normalized spacial score (nSPS) is 13.4. The Hall–Kier alpha value is -3.70. The predicted molar refractivity (Wildman–Crippen MR) is 133 cm³/mol. The maximum absolute atomic E-state index is 13.5. The summed E-state index contributed by atoms with van der Waals surface area (Å²) in [6, 6.07) is 12.1. The van der Waals surface area contributed by atoms with Crippen molar-refractivity contribution in [1.29, 1.82) is 0 Å². The lowest BCUT2D eigenvalue weighted by atomic mass is 10.1. The maximum atomic E-state index is 13.5. The minimum absolute atomic E-state index is 0.109. The predicted octanol–water partition coefficient (Wildman–Crippen LogP) is 3.59. The third-order valence-electron chi connectivity index (χ3n) is 5.89. The van der Waals surface area contributed by atoms with E-state index in [4.69, 9.17) is 13.9 Å². The first-order valence-corrected chi connectivity index (χ1v) is 12.9. The highest BCUT2D eigenvalue weighted by atomic mass is 32.2. The smallest absolute Gasteiger partial charge is 0.204 e. The first-order chi connectivity index (χ1) is 17.2. The van der Waals surface area contributed by atoms with Crippen LogP contribution < -0.4 is 9.47 Å². The summed E-state index contributed by atoms with van der Waals surface area (Å²) in [4.78, 5) is 4.18. The molecule has 4 rings (SSSR count). The number of sulfone groups is 1. The molecule has 4 aromatic rings. The maximum Gasteiger partial charge on any atom is 0.204 e. The van der Waals surface area contributed by atoms with Crippen molar-refractivity contribution >= 4 is 9.84 Å². The van der Waals surface area contributed by atoms with Gasteiger partial charge in [-0.2, -0.15) is 0 Å². The molecule has 1 N–H and O–H groups in total. The van der Waals surface area contributed by atoms with Gasteiger partial charge in [0.1, 0.15) is 34.8 Å². The van der Waals surface area contributed by atoms with E-state index in [-0.39, 0.29) is 17.3 Å². The van der Waals surface area contributed by atoms with Crippen LogP contribution in [0.1, 0.15) is 35.9 Å². The van der Waals surface area contributed by atoms with Crippen LogP contribution >= 0.6 is 0 Å². The largest absolute Gasteiger partial charge is 0.494 e. The molecule has 1 aromatic carbocycles. The lowest BCUT2D eigenvalue weighted by molar-refractivity contribution is 0.171. The number of aliphatic hydroxyl groups excluding tert-OH is 1. The summed E-state index contributed by atoms with van der Waals surface area (Å²) >= 11 is 0. The molecule has 0 bridgehead atoms. The Bertz CT molecular complexity index is 1440. The van der Waals surface area contributed by atoms with Gasteiger partial charge in [0.2, 0.25) is 5.82 Å². The van der Waals surface area contributed by atoms with Crippen molar-refractivity contribution in [3.8, 4) is 28.8 Å². The molecule has 2 atom stereocenters. The van der Waals surface area contributed by atoms with Crippen molar-refractivity contribution in [1.82, 2.24) is 19.7 Å². The van der Waals surface area contributed by atoms with Gasteiger partial charge in [0, 0.05) is 6.20 Å². The molecule has 0 fully saturated rings. The van der Waals surface area contributed by atoms with Crippen LogP contribution in [0, 0.1) is 13.8 Å². The summed E-state index contributed by atoms with van der Waals surface area (Å²) < 4.78 is 45.4. The zero-order valence-electron chi connectivity index (χ0n) is 20.7. The van der Waals surface area contributed by atoms with Gasteiger partial charge in [0.25, 0.3) is 0 Å². The minimum atomic E-state index is -3.93. The Morgan fingerprint density at radius 3 is 2.28 bits per heavy atom. The second kappa shape index (κ2) is 10.1. The number of hydrogen-bond acceptors (Lipinski definition) is 9. The van der Waals surface area contributed by atoms with Crippen molar-refractivity contribution in [3.05, 3.63) is 71.5 Å². The zero-order valence-corrected chi connectivity index (χ0v) is 21.5. The van der Waals surface area contributed by atoms with E-state index < -0.39 is 26.9 Å². The van der Waals surface area contributed by atoms with E-state index in [2.05, 4.69) is 15.2 Å². The molecule has 3 heterocycles. The van der Waals surface area contributed by atoms with Gasteiger partial charge >= 0.3 is 0 Å². The Morgan fingerprint density at radius 2 is 1.72 bits per heavy atom. The first-order valence-electron chi connectivity index (χ1n) is 11.2. The fourth-order valence-corrected chi connectivity index (χ4v) is 5.16. The average molecular weight is 513 g/mol. The van der Waals surface area contributed by atoms with Crippen molar-refractivity contribution in [2.24, 2.45) is 0 Å². The van der Waals surface area contributed by atoms with Gasteiger partial charge in [-0.05, 0) is 56.7 Å². The van der Waals surface area contributed by atoms with Gasteiger partial charge in [0.05, 0.1) is 25.2 Å². The fraction of sp³-hybridized carbons (Fsp3) is 0.320. The molecule has 0 amide bonds. The Kier molecular flexibility index (Phi) is 7.14. The van der Waals surface area contributed by atoms with Gasteiger partial charge in [0.15, 0.2) is 21.4 Å². The van der Waals surface area contributed by atoms with Gasteiger partial charge in [-0.15, -0.1) is 10.2 Å². The highest BCUT2D eigenvalue weighted by Crippen LogP contribution is 2.37. The number of rotatable bonds is 9. The molecule has 0 radical (unpaired) electrons. The van der Waals surface area contributed by atoms with Crippen LogP contribution in [0.2, 0.25) is 0 Å². The number of nitrogens with zero attached hydrogens (tertiary/aromatic N) is 4. The van der Waals surface area contributed by atoms with Crippen LogP contribution in [0.25, 0.3) is 17.3 Å². The Labute approximate surface area is 209 Å². The standard InChI is InChI=1S/C25H28N4O6S/c1-15-9-11-18(26-13-15)24(30)17(3)36(31,32)14-22-27-28-25(21-12-10-16(2)35-21)29(22)23-19(33-4)7-6-8-20(23)34-5/h6-13,17,24,30H,14H2,1-5H3/t17-,24-/m1/s1. The molecule has 0 aliphatic rings. The summed E-state index contributed by atoms with van der Waals surface area (Å²) in [6.45, 7) is 5.10. The summed E-state index contributed by atoms with van der Waals surface area (Å²) in [6.07, 6.45) is 0.264. The lowest BCUT2D eigenvalue weighted by Gasteiger charge is -2.20. The molecule has 0 saturated heterocycles. The lowest BCUT2D eigenvalue weighted by Crippen LogP contribution is -2.28. The highest BCUT2D eigenvalue weighted by Gasteiger charge is 2.33. The molecule has 10 nitrogen and oxygen atoms in total. The second-order valence-electron chi connectivity index (χ2n) is 8.41. The summed E-state index contributed by atoms with van der Waals surface area (Å²) in [5.41, 5.74) is 1.60. The monoisotopic (exact) mass is 512 g/mol. The number of methoxy groups -OCH3 is 2. The molecular formula is C25H28N4O6S. The molecule has 0 spiro atoms. The number of aliphatic hydroxyl groups is 1. The van der Waals surface area contributed by atoms with Crippen molar-refractivity contribution in [2.75, 3.05) is 14.2 Å². The highest BCUT2D eigenvalue weighted by molar-refractivity contribution is 7.91. The van der Waals surface area contributed by atoms with Crippen LogP contribution in [0.15, 0.2) is 53.1 Å². The third kappa shape index (κ3) is 4.84. The molecule has 3 aromatic heterocycles. The topological polar surface area (TPSA) is 130 Å². The Morgan fingerprint density at radius 1 is 1.03 bits per heavy atom. The summed E-state index contributed by atoms with van der Waals surface area (Å²) in [5, 5.41) is 18.1. The van der Waals surface area contributed by atoms with Crippen molar-refractivity contribution in [3.63, 3.8) is 0 Å². The third-order valence-corrected chi connectivity index (χ3v) is 7.95. The number of benzene rings is 1. The van der Waals surface area contributed by atoms with Gasteiger partial charge in [-0.3, -0.25) is 9.55 Å². The Balaban J connectivity index is 1.81. The van der Waals surface area contributed by atoms with Crippen LogP contribution in [-0.4, -0.2) is 52.7 Å². The summed E-state index contributed by atoms with van der Waals surface area (Å²) in [5.74, 6) is 1.78. The SMILES string of the molecule is COc1cccc(OC)c1-n1c(CS(=O)(=O)[C@H](C)[C@@H](O)c2ccc(C)cn2)nnc1-c1ccc(C)o1. The van der Waals surface area contributed by atoms with E-state index in [0.29, 0.717) is 28.7 Å². The quantitative estimate of drug-likeness (QED) is 0.357. The average Bonchev–Trinajstić information content (AvgIpc) is 3.48. The van der Waals surface area contributed by atoms with E-state index >= 15 is 0 Å². The first kappa shape index (κ1) is 25.4. The van der Waals surface area contributed by atoms with Crippen LogP contribution in [0.3, 0.4) is 0 Å². The number of furan rings is 1. The number of aryl methyl sites for hydroxylation is 2. The summed E-state index contributed by atoms with van der Waals surface area (Å²) in [7, 11) is -0.924. The van der Waals surface area contributed by atoms with E-state index in [1.165, 1.54) is 21.1 Å². The van der Waals surface area contributed by atoms with Crippen LogP contribution in [0.4, 0.5) is 0 Å². The number of ether oxygens (including phenoxy) is 2. The number of hydrogen-bond donors (Lipinski definition) is 1. The molecule has 36 heavy (non-hydrogen) atoms. The second-order valence-corrected chi connectivity index (χ2v) is 10.8. The van der Waals surface area contributed by atoms with Crippen LogP contribution in [0.5, 0.6) is 11.5 Å². The molecule has 0 aliphatic heterocycles. The van der Waals surface area contributed by atoms with Crippen molar-refractivity contribution in [2.45, 2.75) is 37.9 Å². The van der Waals surface area contributed by atoms with Gasteiger partial charge < -0.3 is 19.0 Å². The zero-order chi connectivity index (χ0) is 26.0. The van der Waals surface area contributed by atoms with Gasteiger partial charge in [-0.25, -0.2) is 8.42 Å². The number of aromatic nitrogens is 4.